The Balaban J connectivity index is 1.12. The Bertz CT molecular complexity index is 1150. The SMILES string of the molecule is CC(C)N1CCC[C@@H](c2ccc(C3=Cc4c(N5CCN(C(=O)OC6COC6)CC5)ccnc4C3)cc2)C1. The van der Waals surface area contributed by atoms with E-state index in [1.54, 1.807) is 0 Å². The van der Waals surface area contributed by atoms with Gasteiger partial charge in [-0.3, -0.25) is 4.98 Å². The van der Waals surface area contributed by atoms with Crippen molar-refractivity contribution in [2.45, 2.75) is 51.2 Å². The summed E-state index contributed by atoms with van der Waals surface area (Å²) in [6.07, 6.45) is 7.38. The van der Waals surface area contributed by atoms with Crippen LogP contribution in [-0.2, 0) is 15.9 Å². The smallest absolute Gasteiger partial charge is 0.410 e. The number of amides is 1. The number of likely N-dealkylation sites (tertiary alicyclic amines) is 1. The van der Waals surface area contributed by atoms with E-state index in [2.05, 4.69) is 60.1 Å². The maximum absolute atomic E-state index is 12.4. The topological polar surface area (TPSA) is 58.1 Å². The first-order valence-corrected chi connectivity index (χ1v) is 13.9. The molecule has 3 aliphatic heterocycles. The Morgan fingerprint density at radius 3 is 2.54 bits per heavy atom. The molecule has 1 aromatic heterocycles. The van der Waals surface area contributed by atoms with Crippen molar-refractivity contribution < 1.29 is 14.3 Å². The summed E-state index contributed by atoms with van der Waals surface area (Å²) >= 11 is 0. The van der Waals surface area contributed by atoms with Gasteiger partial charge in [-0.15, -0.1) is 0 Å². The summed E-state index contributed by atoms with van der Waals surface area (Å²) in [5, 5.41) is 0. The number of benzene rings is 1. The molecule has 0 radical (unpaired) electrons. The zero-order valence-corrected chi connectivity index (χ0v) is 22.1. The number of carbonyl (C=O) groups is 1. The molecule has 196 valence electrons. The van der Waals surface area contributed by atoms with Gasteiger partial charge in [-0.1, -0.05) is 24.3 Å². The lowest BCUT2D eigenvalue weighted by molar-refractivity contribution is -0.104. The highest BCUT2D eigenvalue weighted by Gasteiger charge is 2.30. The molecular formula is C30H38N4O3. The Morgan fingerprint density at radius 1 is 1.05 bits per heavy atom. The number of hydrogen-bond acceptors (Lipinski definition) is 6. The minimum atomic E-state index is -0.219. The van der Waals surface area contributed by atoms with Crippen molar-refractivity contribution in [3.05, 3.63) is 58.9 Å². The normalized spacial score (nSPS) is 22.6. The Kier molecular flexibility index (Phi) is 6.91. The first kappa shape index (κ1) is 24.4. The van der Waals surface area contributed by atoms with Gasteiger partial charge in [0.25, 0.3) is 0 Å². The number of ether oxygens (including phenoxy) is 2. The molecule has 0 bridgehead atoms. The molecule has 2 aromatic rings. The van der Waals surface area contributed by atoms with E-state index in [0.717, 1.165) is 25.2 Å². The van der Waals surface area contributed by atoms with Crippen molar-refractivity contribution in [3.8, 4) is 0 Å². The summed E-state index contributed by atoms with van der Waals surface area (Å²) in [7, 11) is 0. The van der Waals surface area contributed by atoms with Gasteiger partial charge in [-0.05, 0) is 68.0 Å². The fourth-order valence-electron chi connectivity index (χ4n) is 6.02. The molecule has 1 aliphatic carbocycles. The number of rotatable bonds is 5. The molecule has 7 nitrogen and oxygen atoms in total. The van der Waals surface area contributed by atoms with Crippen molar-refractivity contribution >= 4 is 23.4 Å². The van der Waals surface area contributed by atoms with Crippen LogP contribution in [0.2, 0.25) is 0 Å². The number of fused-ring (bicyclic) bond motifs is 1. The monoisotopic (exact) mass is 502 g/mol. The van der Waals surface area contributed by atoms with E-state index < -0.39 is 0 Å². The number of piperidine rings is 1. The number of pyridine rings is 1. The fourth-order valence-corrected chi connectivity index (χ4v) is 6.02. The number of hydrogen-bond donors (Lipinski definition) is 0. The predicted molar refractivity (Wildman–Crippen MR) is 146 cm³/mol. The summed E-state index contributed by atoms with van der Waals surface area (Å²) < 4.78 is 10.6. The quantitative estimate of drug-likeness (QED) is 0.603. The van der Waals surface area contributed by atoms with Crippen molar-refractivity contribution in [1.29, 1.82) is 0 Å². The van der Waals surface area contributed by atoms with Crippen molar-refractivity contribution in [2.75, 3.05) is 57.4 Å². The first-order chi connectivity index (χ1) is 18.0. The molecule has 6 rings (SSSR count). The molecule has 0 N–H and O–H groups in total. The van der Waals surface area contributed by atoms with Crippen LogP contribution in [0.15, 0.2) is 36.5 Å². The predicted octanol–water partition coefficient (Wildman–Crippen LogP) is 4.42. The van der Waals surface area contributed by atoms with Gasteiger partial charge in [-0.2, -0.15) is 0 Å². The molecule has 3 saturated heterocycles. The van der Waals surface area contributed by atoms with Crippen LogP contribution >= 0.6 is 0 Å². The largest absolute Gasteiger partial charge is 0.441 e. The molecule has 0 spiro atoms. The molecule has 0 unspecified atom stereocenters. The summed E-state index contributed by atoms with van der Waals surface area (Å²) in [6.45, 7) is 10.9. The summed E-state index contributed by atoms with van der Waals surface area (Å²) in [5.41, 5.74) is 7.67. The van der Waals surface area contributed by atoms with E-state index in [1.807, 2.05) is 11.1 Å². The van der Waals surface area contributed by atoms with Crippen molar-refractivity contribution in [1.82, 2.24) is 14.8 Å². The van der Waals surface area contributed by atoms with Gasteiger partial charge in [-0.25, -0.2) is 4.79 Å². The van der Waals surface area contributed by atoms with Crippen LogP contribution < -0.4 is 4.90 Å². The van der Waals surface area contributed by atoms with E-state index in [-0.39, 0.29) is 12.2 Å². The van der Waals surface area contributed by atoms with E-state index in [1.165, 1.54) is 53.9 Å². The van der Waals surface area contributed by atoms with Crippen LogP contribution in [0.1, 0.15) is 55.0 Å². The third-order valence-corrected chi connectivity index (χ3v) is 8.42. The number of allylic oxidation sites excluding steroid dienone is 1. The molecular weight excluding hydrogens is 464 g/mol. The highest BCUT2D eigenvalue weighted by molar-refractivity contribution is 5.92. The minimum absolute atomic E-state index is 0.0796. The number of carbonyl (C=O) groups excluding carboxylic acids is 1. The average Bonchev–Trinajstić information content (AvgIpc) is 3.35. The van der Waals surface area contributed by atoms with E-state index >= 15 is 0 Å². The Hall–Kier alpha value is -2.90. The molecule has 4 heterocycles. The second-order valence-electron chi connectivity index (χ2n) is 11.1. The van der Waals surface area contributed by atoms with Gasteiger partial charge >= 0.3 is 6.09 Å². The average molecular weight is 503 g/mol. The van der Waals surface area contributed by atoms with E-state index in [9.17, 15) is 4.79 Å². The van der Waals surface area contributed by atoms with Crippen LogP contribution in [0.3, 0.4) is 0 Å². The van der Waals surface area contributed by atoms with Crippen molar-refractivity contribution in [3.63, 3.8) is 0 Å². The maximum atomic E-state index is 12.4. The van der Waals surface area contributed by atoms with Crippen LogP contribution in [-0.4, -0.2) is 85.5 Å². The zero-order valence-electron chi connectivity index (χ0n) is 22.1. The molecule has 0 saturated carbocycles. The zero-order chi connectivity index (χ0) is 25.4. The molecule has 7 heteroatoms. The van der Waals surface area contributed by atoms with Gasteiger partial charge in [0.05, 0.1) is 18.9 Å². The molecule has 1 aromatic carbocycles. The summed E-state index contributed by atoms with van der Waals surface area (Å²) in [6, 6.07) is 12.0. The molecule has 3 fully saturated rings. The lowest BCUT2D eigenvalue weighted by atomic mass is 9.89. The Labute approximate surface area is 220 Å². The van der Waals surface area contributed by atoms with Crippen LogP contribution in [0.5, 0.6) is 0 Å². The highest BCUT2D eigenvalue weighted by atomic mass is 16.6. The van der Waals surface area contributed by atoms with E-state index in [4.69, 9.17) is 14.5 Å². The van der Waals surface area contributed by atoms with Crippen LogP contribution in [0.4, 0.5) is 10.5 Å². The van der Waals surface area contributed by atoms with Gasteiger partial charge in [0, 0.05) is 62.6 Å². The molecule has 1 amide bonds. The number of aromatic nitrogens is 1. The van der Waals surface area contributed by atoms with Gasteiger partial charge in [0.1, 0.15) is 0 Å². The second-order valence-corrected chi connectivity index (χ2v) is 11.1. The van der Waals surface area contributed by atoms with E-state index in [0.29, 0.717) is 38.3 Å². The first-order valence-electron chi connectivity index (χ1n) is 13.9. The third-order valence-electron chi connectivity index (χ3n) is 8.42. The Morgan fingerprint density at radius 2 is 1.84 bits per heavy atom. The number of nitrogens with zero attached hydrogens (tertiary/aromatic N) is 4. The minimum Gasteiger partial charge on any atom is -0.441 e. The molecule has 37 heavy (non-hydrogen) atoms. The third kappa shape index (κ3) is 5.12. The molecule has 4 aliphatic rings. The van der Waals surface area contributed by atoms with Crippen LogP contribution in [0, 0.1) is 0 Å². The lowest BCUT2D eigenvalue weighted by Crippen LogP contribution is -2.51. The second kappa shape index (κ2) is 10.5. The van der Waals surface area contributed by atoms with Gasteiger partial charge in [0.15, 0.2) is 6.10 Å². The summed E-state index contributed by atoms with van der Waals surface area (Å²) in [5.74, 6) is 0.631. The fraction of sp³-hybridized carbons (Fsp3) is 0.533. The maximum Gasteiger partial charge on any atom is 0.410 e. The molecule has 1 atom stereocenters. The van der Waals surface area contributed by atoms with Crippen molar-refractivity contribution in [2.24, 2.45) is 0 Å². The lowest BCUT2D eigenvalue weighted by Gasteiger charge is -2.37. The van der Waals surface area contributed by atoms with Crippen LogP contribution in [0.25, 0.3) is 11.6 Å². The van der Waals surface area contributed by atoms with Gasteiger partial charge < -0.3 is 24.2 Å². The summed E-state index contributed by atoms with van der Waals surface area (Å²) in [4.78, 5) is 23.9. The van der Waals surface area contributed by atoms with Gasteiger partial charge in [0.2, 0.25) is 0 Å². The number of anilines is 1. The standard InChI is InChI=1S/C30H38N4O3/c1-21(2)34-11-3-4-24(18-34)22-5-7-23(8-6-22)25-16-27-28(17-25)31-10-9-29(27)32-12-14-33(15-13-32)30(35)37-26-19-36-20-26/h5-10,16,21,24,26H,3-4,11-15,17-20H2,1-2H3/t24-/m1/s1. The number of piperazine rings is 1. The highest BCUT2D eigenvalue weighted by Crippen LogP contribution is 2.37.